The molecule has 0 saturated carbocycles. The minimum atomic E-state index is 0.111. The van der Waals surface area contributed by atoms with Crippen molar-refractivity contribution in [2.45, 2.75) is 26.3 Å². The van der Waals surface area contributed by atoms with Crippen LogP contribution in [0.15, 0.2) is 42.2 Å². The van der Waals surface area contributed by atoms with Gasteiger partial charge in [0.1, 0.15) is 5.69 Å². The molecule has 22 heavy (non-hydrogen) atoms. The summed E-state index contributed by atoms with van der Waals surface area (Å²) in [5.74, 6) is 0.111. The monoisotopic (exact) mass is 295 g/mol. The Morgan fingerprint density at radius 1 is 1.32 bits per heavy atom. The summed E-state index contributed by atoms with van der Waals surface area (Å²) in [6.45, 7) is 2.71. The van der Waals surface area contributed by atoms with E-state index in [4.69, 9.17) is 0 Å². The fraction of sp³-hybridized carbons (Fsp3) is 0.333. The predicted molar refractivity (Wildman–Crippen MR) is 86.9 cm³/mol. The molecule has 1 aliphatic carbocycles. The van der Waals surface area contributed by atoms with E-state index >= 15 is 0 Å². The van der Waals surface area contributed by atoms with E-state index in [-0.39, 0.29) is 5.78 Å². The first kappa shape index (κ1) is 14.6. The maximum absolute atomic E-state index is 12.7. The predicted octanol–water partition coefficient (Wildman–Crippen LogP) is 2.81. The molecular formula is C18H21N3O. The molecular weight excluding hydrogens is 274 g/mol. The molecule has 1 aliphatic rings. The van der Waals surface area contributed by atoms with Gasteiger partial charge in [-0.1, -0.05) is 29.8 Å². The van der Waals surface area contributed by atoms with E-state index in [1.165, 1.54) is 11.1 Å². The number of allylic oxidation sites excluding steroid dienone is 1. The van der Waals surface area contributed by atoms with Gasteiger partial charge in [0.25, 0.3) is 0 Å². The molecule has 0 radical (unpaired) electrons. The molecule has 3 rings (SSSR count). The first-order valence-corrected chi connectivity index (χ1v) is 7.56. The van der Waals surface area contributed by atoms with Crippen LogP contribution >= 0.6 is 0 Å². The lowest BCUT2D eigenvalue weighted by atomic mass is 9.92. The Balaban J connectivity index is 1.94. The van der Waals surface area contributed by atoms with Crippen LogP contribution in [0.5, 0.6) is 0 Å². The number of Topliss-reactive ketones (excluding diaryl/α,β-unsaturated/α-hetero) is 1. The summed E-state index contributed by atoms with van der Waals surface area (Å²) in [5.41, 5.74) is 5.07. The Hall–Kier alpha value is -2.36. The molecule has 0 atom stereocenters. The van der Waals surface area contributed by atoms with E-state index in [1.54, 1.807) is 0 Å². The smallest absolute Gasteiger partial charge is 0.208 e. The zero-order valence-electron chi connectivity index (χ0n) is 13.3. The van der Waals surface area contributed by atoms with Gasteiger partial charge in [-0.2, -0.15) is 5.10 Å². The van der Waals surface area contributed by atoms with Crippen molar-refractivity contribution in [3.05, 3.63) is 64.6 Å². The first-order valence-electron chi connectivity index (χ1n) is 7.56. The van der Waals surface area contributed by atoms with Crippen LogP contribution < -0.4 is 0 Å². The van der Waals surface area contributed by atoms with Gasteiger partial charge in [0.05, 0.1) is 12.7 Å². The van der Waals surface area contributed by atoms with Crippen molar-refractivity contribution >= 4 is 5.78 Å². The van der Waals surface area contributed by atoms with Crippen LogP contribution in [0.3, 0.4) is 0 Å². The maximum Gasteiger partial charge on any atom is 0.208 e. The number of ketones is 1. The van der Waals surface area contributed by atoms with Crippen LogP contribution in [0.25, 0.3) is 0 Å². The lowest BCUT2D eigenvalue weighted by molar-refractivity contribution is 0.101. The van der Waals surface area contributed by atoms with Gasteiger partial charge in [-0.3, -0.25) is 9.48 Å². The second kappa shape index (κ2) is 5.79. The molecule has 1 heterocycles. The Labute approximate surface area is 131 Å². The van der Waals surface area contributed by atoms with Gasteiger partial charge >= 0.3 is 0 Å². The average molecular weight is 295 g/mol. The molecule has 0 aliphatic heterocycles. The normalized spacial score (nSPS) is 16.0. The molecule has 0 amide bonds. The van der Waals surface area contributed by atoms with Crippen LogP contribution in [0.2, 0.25) is 0 Å². The van der Waals surface area contributed by atoms with Gasteiger partial charge < -0.3 is 4.90 Å². The molecule has 0 saturated heterocycles. The minimum absolute atomic E-state index is 0.111. The van der Waals surface area contributed by atoms with Gasteiger partial charge in [-0.15, -0.1) is 0 Å². The van der Waals surface area contributed by atoms with E-state index < -0.39 is 0 Å². The van der Waals surface area contributed by atoms with E-state index in [1.807, 2.05) is 42.1 Å². The second-order valence-electron chi connectivity index (χ2n) is 6.11. The lowest BCUT2D eigenvalue weighted by Crippen LogP contribution is -2.20. The number of rotatable bonds is 3. The zero-order valence-corrected chi connectivity index (χ0v) is 13.3. The molecule has 4 nitrogen and oxygen atoms in total. The highest BCUT2D eigenvalue weighted by Crippen LogP contribution is 2.25. The number of aryl methyl sites for hydroxylation is 2. The molecule has 114 valence electrons. The Morgan fingerprint density at radius 3 is 2.86 bits per heavy atom. The third kappa shape index (κ3) is 2.82. The quantitative estimate of drug-likeness (QED) is 0.817. The van der Waals surface area contributed by atoms with Crippen molar-refractivity contribution in [2.75, 3.05) is 14.1 Å². The number of hydrogen-bond donors (Lipinski definition) is 0. The van der Waals surface area contributed by atoms with Crippen molar-refractivity contribution in [2.24, 2.45) is 0 Å². The largest absolute Gasteiger partial charge is 0.383 e. The van der Waals surface area contributed by atoms with Crippen LogP contribution in [-0.2, 0) is 13.0 Å². The third-order valence-electron chi connectivity index (χ3n) is 3.91. The van der Waals surface area contributed by atoms with E-state index in [9.17, 15) is 4.79 Å². The van der Waals surface area contributed by atoms with Gasteiger partial charge in [-0.25, -0.2) is 0 Å². The van der Waals surface area contributed by atoms with E-state index in [0.29, 0.717) is 6.54 Å². The molecule has 0 bridgehead atoms. The SMILES string of the molecule is Cc1cccc(Cn2ncc3c2C(=O)C(=CN(C)C)CC3)c1. The number of carbonyl (C=O) groups is 1. The van der Waals surface area contributed by atoms with Crippen molar-refractivity contribution in [1.29, 1.82) is 0 Å². The molecule has 0 fully saturated rings. The molecule has 0 spiro atoms. The summed E-state index contributed by atoms with van der Waals surface area (Å²) in [6.07, 6.45) is 5.44. The Morgan fingerprint density at radius 2 is 2.14 bits per heavy atom. The van der Waals surface area contributed by atoms with Crippen molar-refractivity contribution in [1.82, 2.24) is 14.7 Å². The number of aromatic nitrogens is 2. The summed E-state index contributed by atoms with van der Waals surface area (Å²) in [5, 5.41) is 4.44. The fourth-order valence-corrected chi connectivity index (χ4v) is 2.94. The molecule has 4 heteroatoms. The first-order chi connectivity index (χ1) is 10.5. The topological polar surface area (TPSA) is 38.1 Å². The average Bonchev–Trinajstić information content (AvgIpc) is 2.85. The highest BCUT2D eigenvalue weighted by Gasteiger charge is 2.26. The highest BCUT2D eigenvalue weighted by atomic mass is 16.1. The number of benzene rings is 1. The van der Waals surface area contributed by atoms with Crippen LogP contribution in [0.4, 0.5) is 0 Å². The van der Waals surface area contributed by atoms with Crippen LogP contribution in [-0.4, -0.2) is 34.6 Å². The molecule has 0 unspecified atom stereocenters. The van der Waals surface area contributed by atoms with Gasteiger partial charge in [0.2, 0.25) is 5.78 Å². The van der Waals surface area contributed by atoms with Crippen LogP contribution in [0, 0.1) is 6.92 Å². The zero-order chi connectivity index (χ0) is 15.7. The second-order valence-corrected chi connectivity index (χ2v) is 6.11. The maximum atomic E-state index is 12.7. The van der Waals surface area contributed by atoms with Gasteiger partial charge in [0.15, 0.2) is 0 Å². The third-order valence-corrected chi connectivity index (χ3v) is 3.91. The molecule has 2 aromatic rings. The summed E-state index contributed by atoms with van der Waals surface area (Å²) in [7, 11) is 3.89. The summed E-state index contributed by atoms with van der Waals surface area (Å²) in [4.78, 5) is 14.7. The number of nitrogens with zero attached hydrogens (tertiary/aromatic N) is 3. The fourth-order valence-electron chi connectivity index (χ4n) is 2.94. The van der Waals surface area contributed by atoms with Crippen molar-refractivity contribution < 1.29 is 4.79 Å². The summed E-state index contributed by atoms with van der Waals surface area (Å²) in [6, 6.07) is 8.33. The van der Waals surface area contributed by atoms with Crippen molar-refractivity contribution in [3.8, 4) is 0 Å². The number of hydrogen-bond acceptors (Lipinski definition) is 3. The Bertz CT molecular complexity index is 741. The van der Waals surface area contributed by atoms with E-state index in [2.05, 4.69) is 30.2 Å². The summed E-state index contributed by atoms with van der Waals surface area (Å²) < 4.78 is 1.84. The lowest BCUT2D eigenvalue weighted by Gasteiger charge is -2.18. The standard InChI is InChI=1S/C18H21N3O/c1-13-5-4-6-14(9-13)11-21-17-15(10-19-21)7-8-16(18(17)22)12-20(2)3/h4-6,9-10,12H,7-8,11H2,1-3H3. The molecule has 1 aromatic heterocycles. The van der Waals surface area contributed by atoms with Gasteiger partial charge in [-0.05, 0) is 25.3 Å². The van der Waals surface area contributed by atoms with Crippen LogP contribution in [0.1, 0.15) is 33.6 Å². The number of carbonyl (C=O) groups excluding carboxylic acids is 1. The van der Waals surface area contributed by atoms with Crippen molar-refractivity contribution in [3.63, 3.8) is 0 Å². The molecule has 0 N–H and O–H groups in total. The van der Waals surface area contributed by atoms with E-state index in [0.717, 1.165) is 29.7 Å². The minimum Gasteiger partial charge on any atom is -0.383 e. The number of fused-ring (bicyclic) bond motifs is 1. The Kier molecular flexibility index (Phi) is 3.84. The molecule has 1 aromatic carbocycles. The summed E-state index contributed by atoms with van der Waals surface area (Å²) >= 11 is 0. The highest BCUT2D eigenvalue weighted by molar-refractivity contribution is 6.09. The van der Waals surface area contributed by atoms with Gasteiger partial charge in [0, 0.05) is 31.4 Å².